The lowest BCUT2D eigenvalue weighted by atomic mass is 9.98. The first-order chi connectivity index (χ1) is 26.8. The van der Waals surface area contributed by atoms with E-state index in [1.165, 1.54) is 66.0 Å². The molecule has 0 aliphatic carbocycles. The van der Waals surface area contributed by atoms with Gasteiger partial charge in [0.05, 0.1) is 11.0 Å². The fourth-order valence-electron chi connectivity index (χ4n) is 8.02. The smallest absolute Gasteiger partial charge is 0.0619 e. The van der Waals surface area contributed by atoms with Crippen LogP contribution in [0.3, 0.4) is 0 Å². The van der Waals surface area contributed by atoms with Gasteiger partial charge in [-0.1, -0.05) is 164 Å². The zero-order valence-corrected chi connectivity index (χ0v) is 29.7. The predicted octanol–water partition coefficient (Wildman–Crippen LogP) is 14.4. The van der Waals surface area contributed by atoms with Crippen molar-refractivity contribution in [1.29, 1.82) is 0 Å². The van der Waals surface area contributed by atoms with Gasteiger partial charge < -0.3 is 9.47 Å². The average molecular weight is 689 g/mol. The van der Waals surface area contributed by atoms with Crippen LogP contribution in [-0.4, -0.2) is 4.57 Å². The molecule has 2 nitrogen and oxygen atoms in total. The average Bonchev–Trinajstić information content (AvgIpc) is 3.61. The van der Waals surface area contributed by atoms with E-state index in [1.807, 2.05) is 0 Å². The number of para-hydroxylation sites is 1. The van der Waals surface area contributed by atoms with Crippen molar-refractivity contribution in [2.75, 3.05) is 4.90 Å². The molecule has 0 amide bonds. The zero-order chi connectivity index (χ0) is 35.8. The number of rotatable bonds is 7. The number of anilines is 3. The molecule has 1 heterocycles. The molecule has 254 valence electrons. The molecule has 10 aromatic rings. The van der Waals surface area contributed by atoms with Crippen molar-refractivity contribution in [2.45, 2.75) is 0 Å². The third-order valence-electron chi connectivity index (χ3n) is 10.6. The molecule has 0 radical (unpaired) electrons. The van der Waals surface area contributed by atoms with Crippen LogP contribution < -0.4 is 4.90 Å². The summed E-state index contributed by atoms with van der Waals surface area (Å²) in [5, 5.41) is 5.01. The first kappa shape index (κ1) is 31.6. The second-order valence-electron chi connectivity index (χ2n) is 13.8. The highest BCUT2D eigenvalue weighted by Gasteiger charge is 2.19. The molecule has 0 unspecified atom stereocenters. The molecule has 0 aliphatic heterocycles. The topological polar surface area (TPSA) is 8.17 Å². The molecule has 0 N–H and O–H groups in total. The fraction of sp³-hybridized carbons (Fsp3) is 0. The SMILES string of the molecule is c1ccc(-c2ccc(N(c3ccc(-c4ccccc4)cc3)c3ccc(-c4cccc5c4c4ccc6ccccc6c4n5-c4ccccc4)cc3)cc2)cc1. The minimum Gasteiger partial charge on any atom is -0.311 e. The molecule has 1 aromatic heterocycles. The second-order valence-corrected chi connectivity index (χ2v) is 13.8. The third-order valence-corrected chi connectivity index (χ3v) is 10.6. The van der Waals surface area contributed by atoms with E-state index in [4.69, 9.17) is 0 Å². The Labute approximate surface area is 315 Å². The van der Waals surface area contributed by atoms with Crippen molar-refractivity contribution in [2.24, 2.45) is 0 Å². The molecular formula is C52H36N2. The Morgan fingerprint density at radius 1 is 0.315 bits per heavy atom. The lowest BCUT2D eigenvalue weighted by Gasteiger charge is -2.26. The number of aromatic nitrogens is 1. The Hall–Kier alpha value is -7.16. The van der Waals surface area contributed by atoms with Gasteiger partial charge in [0.2, 0.25) is 0 Å². The van der Waals surface area contributed by atoms with Crippen molar-refractivity contribution in [3.63, 3.8) is 0 Å². The first-order valence-electron chi connectivity index (χ1n) is 18.5. The summed E-state index contributed by atoms with van der Waals surface area (Å²) in [5.74, 6) is 0. The van der Waals surface area contributed by atoms with E-state index < -0.39 is 0 Å². The van der Waals surface area contributed by atoms with Gasteiger partial charge in [0, 0.05) is 38.9 Å². The molecule has 0 aliphatic rings. The van der Waals surface area contributed by atoms with Gasteiger partial charge in [0.15, 0.2) is 0 Å². The second kappa shape index (κ2) is 13.4. The van der Waals surface area contributed by atoms with Gasteiger partial charge in [0.1, 0.15) is 0 Å². The van der Waals surface area contributed by atoms with E-state index in [0.29, 0.717) is 0 Å². The normalized spacial score (nSPS) is 11.3. The van der Waals surface area contributed by atoms with Crippen molar-refractivity contribution in [1.82, 2.24) is 4.57 Å². The summed E-state index contributed by atoms with van der Waals surface area (Å²) in [5.41, 5.74) is 14.1. The standard InChI is InChI=1S/C52H36N2/c1-4-13-37(14-5-1)39-23-30-44(31-24-39)53(45-32-25-40(26-33-45)38-15-6-2-7-16-38)46-34-27-42(28-35-46)47-21-12-22-50-51(47)49-36-29-41-17-10-11-20-48(41)52(49)54(50)43-18-8-3-9-19-43/h1-36H. The minimum absolute atomic E-state index is 1.10. The number of benzene rings is 9. The van der Waals surface area contributed by atoms with Crippen LogP contribution in [0, 0.1) is 0 Å². The minimum atomic E-state index is 1.10. The lowest BCUT2D eigenvalue weighted by Crippen LogP contribution is -2.09. The van der Waals surface area contributed by atoms with E-state index in [2.05, 4.69) is 228 Å². The third kappa shape index (κ3) is 5.53. The van der Waals surface area contributed by atoms with Gasteiger partial charge in [-0.2, -0.15) is 0 Å². The Kier molecular flexibility index (Phi) is 7.85. The molecule has 9 aromatic carbocycles. The summed E-state index contributed by atoms with van der Waals surface area (Å²) in [6, 6.07) is 78.7. The number of hydrogen-bond donors (Lipinski definition) is 0. The van der Waals surface area contributed by atoms with Crippen molar-refractivity contribution in [3.05, 3.63) is 218 Å². The van der Waals surface area contributed by atoms with E-state index in [-0.39, 0.29) is 0 Å². The molecule has 0 atom stereocenters. The molecule has 54 heavy (non-hydrogen) atoms. The Balaban J connectivity index is 1.10. The maximum Gasteiger partial charge on any atom is 0.0619 e. The van der Waals surface area contributed by atoms with Crippen LogP contribution >= 0.6 is 0 Å². The summed E-state index contributed by atoms with van der Waals surface area (Å²) in [6.07, 6.45) is 0. The summed E-state index contributed by atoms with van der Waals surface area (Å²) in [7, 11) is 0. The highest BCUT2D eigenvalue weighted by molar-refractivity contribution is 6.22. The summed E-state index contributed by atoms with van der Waals surface area (Å²) < 4.78 is 2.44. The van der Waals surface area contributed by atoms with E-state index in [9.17, 15) is 0 Å². The van der Waals surface area contributed by atoms with Crippen LogP contribution in [0.5, 0.6) is 0 Å². The van der Waals surface area contributed by atoms with E-state index in [1.54, 1.807) is 0 Å². The van der Waals surface area contributed by atoms with Crippen LogP contribution in [-0.2, 0) is 0 Å². The predicted molar refractivity (Wildman–Crippen MR) is 229 cm³/mol. The maximum atomic E-state index is 2.44. The number of fused-ring (bicyclic) bond motifs is 5. The first-order valence-corrected chi connectivity index (χ1v) is 18.5. The Morgan fingerprint density at radius 2 is 0.796 bits per heavy atom. The van der Waals surface area contributed by atoms with Gasteiger partial charge in [-0.25, -0.2) is 0 Å². The molecule has 0 fully saturated rings. The summed E-state index contributed by atoms with van der Waals surface area (Å²) in [4.78, 5) is 2.35. The van der Waals surface area contributed by atoms with Crippen LogP contribution in [0.2, 0.25) is 0 Å². The molecule has 0 bridgehead atoms. The molecule has 0 saturated heterocycles. The highest BCUT2D eigenvalue weighted by Crippen LogP contribution is 2.43. The van der Waals surface area contributed by atoms with Crippen molar-refractivity contribution in [3.8, 4) is 39.1 Å². The van der Waals surface area contributed by atoms with E-state index >= 15 is 0 Å². The lowest BCUT2D eigenvalue weighted by molar-refractivity contribution is 1.19. The highest BCUT2D eigenvalue weighted by atomic mass is 15.1. The molecule has 2 heteroatoms. The maximum absolute atomic E-state index is 2.44. The van der Waals surface area contributed by atoms with Gasteiger partial charge in [-0.3, -0.25) is 0 Å². The fourth-order valence-corrected chi connectivity index (χ4v) is 8.02. The van der Waals surface area contributed by atoms with Gasteiger partial charge in [-0.05, 0) is 93.4 Å². The van der Waals surface area contributed by atoms with Crippen LogP contribution in [0.4, 0.5) is 17.1 Å². The zero-order valence-electron chi connectivity index (χ0n) is 29.7. The monoisotopic (exact) mass is 688 g/mol. The summed E-state index contributed by atoms with van der Waals surface area (Å²) >= 11 is 0. The largest absolute Gasteiger partial charge is 0.311 e. The van der Waals surface area contributed by atoms with Gasteiger partial charge in [-0.15, -0.1) is 0 Å². The molecule has 0 spiro atoms. The summed E-state index contributed by atoms with van der Waals surface area (Å²) in [6.45, 7) is 0. The van der Waals surface area contributed by atoms with Crippen LogP contribution in [0.15, 0.2) is 218 Å². The van der Waals surface area contributed by atoms with Gasteiger partial charge >= 0.3 is 0 Å². The van der Waals surface area contributed by atoms with Crippen molar-refractivity contribution >= 4 is 49.6 Å². The Morgan fingerprint density at radius 3 is 1.37 bits per heavy atom. The quantitative estimate of drug-likeness (QED) is 0.162. The van der Waals surface area contributed by atoms with E-state index in [0.717, 1.165) is 22.7 Å². The Bertz CT molecular complexity index is 2790. The van der Waals surface area contributed by atoms with Crippen LogP contribution in [0.25, 0.3) is 71.6 Å². The van der Waals surface area contributed by atoms with Crippen LogP contribution in [0.1, 0.15) is 0 Å². The van der Waals surface area contributed by atoms with Gasteiger partial charge in [0.25, 0.3) is 0 Å². The molecule has 10 rings (SSSR count). The molecule has 0 saturated carbocycles. The number of nitrogens with zero attached hydrogens (tertiary/aromatic N) is 2. The molecular weight excluding hydrogens is 653 g/mol. The number of hydrogen-bond acceptors (Lipinski definition) is 1. The van der Waals surface area contributed by atoms with Crippen molar-refractivity contribution < 1.29 is 0 Å².